The van der Waals surface area contributed by atoms with Crippen LogP contribution in [0.4, 0.5) is 5.69 Å². The van der Waals surface area contributed by atoms with Crippen molar-refractivity contribution in [1.82, 2.24) is 19.9 Å². The van der Waals surface area contributed by atoms with Crippen molar-refractivity contribution in [2.75, 3.05) is 11.9 Å². The number of aryl methyl sites for hydroxylation is 2. The zero-order valence-electron chi connectivity index (χ0n) is 20.5. The molecule has 2 fully saturated rings. The van der Waals surface area contributed by atoms with Gasteiger partial charge in [-0.2, -0.15) is 0 Å². The fourth-order valence-corrected chi connectivity index (χ4v) is 5.34. The number of carbonyl (C=O) groups excluding carboxylic acids is 2. The van der Waals surface area contributed by atoms with E-state index in [1.54, 1.807) is 12.3 Å². The topological polar surface area (TPSA) is 98.1 Å². The van der Waals surface area contributed by atoms with Crippen molar-refractivity contribution >= 4 is 28.5 Å². The van der Waals surface area contributed by atoms with E-state index in [0.29, 0.717) is 42.3 Å². The van der Waals surface area contributed by atoms with E-state index in [9.17, 15) is 9.59 Å². The van der Waals surface area contributed by atoms with E-state index >= 15 is 0 Å². The molecule has 1 unspecified atom stereocenters. The monoisotopic (exact) mass is 475 g/mol. The summed E-state index contributed by atoms with van der Waals surface area (Å²) in [4.78, 5) is 35.4. The van der Waals surface area contributed by atoms with Crippen molar-refractivity contribution in [2.24, 2.45) is 13.0 Å². The van der Waals surface area contributed by atoms with E-state index in [2.05, 4.69) is 15.6 Å². The molecule has 8 heteroatoms. The van der Waals surface area contributed by atoms with E-state index in [0.717, 1.165) is 48.3 Å². The Morgan fingerprint density at radius 3 is 2.74 bits per heavy atom. The van der Waals surface area contributed by atoms with Gasteiger partial charge in [0.25, 0.3) is 5.91 Å². The Balaban J connectivity index is 1.45. The number of fused-ring (bicyclic) bond motifs is 1. The number of amides is 2. The molecule has 184 valence electrons. The molecule has 2 amide bonds. The second kappa shape index (κ2) is 10.2. The summed E-state index contributed by atoms with van der Waals surface area (Å²) in [5, 5.41) is 6.03. The van der Waals surface area contributed by atoms with Crippen LogP contribution in [0.5, 0.6) is 0 Å². The largest absolute Gasteiger partial charge is 0.370 e. The fourth-order valence-electron chi connectivity index (χ4n) is 5.34. The number of ether oxygens (including phenoxy) is 1. The van der Waals surface area contributed by atoms with Crippen molar-refractivity contribution in [2.45, 2.75) is 64.5 Å². The minimum Gasteiger partial charge on any atom is -0.370 e. The summed E-state index contributed by atoms with van der Waals surface area (Å²) < 4.78 is 7.83. The number of pyridine rings is 1. The number of nitrogens with one attached hydrogen (secondary N) is 2. The van der Waals surface area contributed by atoms with Gasteiger partial charge in [0.15, 0.2) is 0 Å². The molecular weight excluding hydrogens is 442 g/mol. The molecule has 8 nitrogen and oxygen atoms in total. The number of imidazole rings is 1. The molecule has 1 aromatic carbocycles. The zero-order valence-corrected chi connectivity index (χ0v) is 20.5. The van der Waals surface area contributed by atoms with Gasteiger partial charge in [-0.3, -0.25) is 14.6 Å². The minimum atomic E-state index is -0.228. The number of benzene rings is 1. The van der Waals surface area contributed by atoms with Crippen molar-refractivity contribution in [3.63, 3.8) is 0 Å². The third-order valence-corrected chi connectivity index (χ3v) is 7.23. The van der Waals surface area contributed by atoms with Gasteiger partial charge in [-0.05, 0) is 62.3 Å². The number of hydrogen-bond acceptors (Lipinski definition) is 5. The molecule has 35 heavy (non-hydrogen) atoms. The first-order valence-electron chi connectivity index (χ1n) is 12.6. The normalized spacial score (nSPS) is 18.3. The number of hydrogen-bond donors (Lipinski definition) is 2. The summed E-state index contributed by atoms with van der Waals surface area (Å²) in [7, 11) is 1.92. The highest BCUT2D eigenvalue weighted by Crippen LogP contribution is 2.33. The maximum Gasteiger partial charge on any atom is 0.253 e. The van der Waals surface area contributed by atoms with Crippen molar-refractivity contribution < 1.29 is 14.3 Å². The van der Waals surface area contributed by atoms with Crippen LogP contribution in [0.2, 0.25) is 0 Å². The molecule has 0 bridgehead atoms. The van der Waals surface area contributed by atoms with Crippen LogP contribution in [0.25, 0.3) is 11.0 Å². The zero-order chi connectivity index (χ0) is 24.4. The van der Waals surface area contributed by atoms with E-state index < -0.39 is 0 Å². The molecule has 3 aromatic rings. The van der Waals surface area contributed by atoms with Crippen LogP contribution in [0.15, 0.2) is 30.5 Å². The van der Waals surface area contributed by atoms with Crippen LogP contribution in [0, 0.1) is 12.8 Å². The highest BCUT2D eigenvalue weighted by molar-refractivity contribution is 6.07. The van der Waals surface area contributed by atoms with E-state index in [-0.39, 0.29) is 17.9 Å². The smallest absolute Gasteiger partial charge is 0.253 e. The van der Waals surface area contributed by atoms with Gasteiger partial charge in [0.1, 0.15) is 11.9 Å². The first kappa shape index (κ1) is 23.5. The molecule has 0 spiro atoms. The first-order valence-corrected chi connectivity index (χ1v) is 12.6. The fraction of sp³-hybridized carbons (Fsp3) is 0.481. The van der Waals surface area contributed by atoms with Crippen LogP contribution in [-0.4, -0.2) is 33.0 Å². The molecule has 5 rings (SSSR count). The van der Waals surface area contributed by atoms with E-state index in [4.69, 9.17) is 9.72 Å². The van der Waals surface area contributed by atoms with Gasteiger partial charge in [-0.25, -0.2) is 4.98 Å². The first-order chi connectivity index (χ1) is 17.0. The molecule has 2 aromatic heterocycles. The van der Waals surface area contributed by atoms with Crippen molar-refractivity contribution in [1.29, 1.82) is 0 Å². The van der Waals surface area contributed by atoms with Gasteiger partial charge in [0, 0.05) is 32.0 Å². The predicted molar refractivity (Wildman–Crippen MR) is 134 cm³/mol. The average molecular weight is 476 g/mol. The Hall–Kier alpha value is -3.26. The van der Waals surface area contributed by atoms with Gasteiger partial charge in [-0.1, -0.05) is 18.9 Å². The number of nitrogens with zero attached hydrogens (tertiary/aromatic N) is 3. The van der Waals surface area contributed by atoms with Crippen molar-refractivity contribution in [3.8, 4) is 0 Å². The summed E-state index contributed by atoms with van der Waals surface area (Å²) in [5.41, 5.74) is 4.33. The van der Waals surface area contributed by atoms with Gasteiger partial charge < -0.3 is 19.9 Å². The lowest BCUT2D eigenvalue weighted by molar-refractivity contribution is -0.117. The molecule has 0 radical (unpaired) electrons. The van der Waals surface area contributed by atoms with Gasteiger partial charge in [-0.15, -0.1) is 0 Å². The second-order valence-electron chi connectivity index (χ2n) is 9.77. The molecular formula is C27H33N5O3. The molecule has 2 N–H and O–H groups in total. The summed E-state index contributed by atoms with van der Waals surface area (Å²) >= 11 is 0. The number of carbonyl (C=O) groups is 2. The SMILES string of the molecule is Cc1cccnc1CNC(=O)c1cc(NC(=O)CC2CCCC2)cc2nc(C3CCCO3)n(C)c12. The van der Waals surface area contributed by atoms with Crippen molar-refractivity contribution in [3.05, 3.63) is 53.1 Å². The highest BCUT2D eigenvalue weighted by atomic mass is 16.5. The van der Waals surface area contributed by atoms with Gasteiger partial charge in [0.2, 0.25) is 5.91 Å². The molecule has 1 aliphatic heterocycles. The Labute approximate surface area is 205 Å². The lowest BCUT2D eigenvalue weighted by atomic mass is 10.0. The standard InChI is InChI=1S/C27H33N5O3/c1-17-7-5-11-28-22(17)16-29-27(34)20-14-19(30-24(33)13-18-8-3-4-9-18)15-21-25(20)32(2)26(31-21)23-10-6-12-35-23/h5,7,11,14-15,18,23H,3-4,6,8-10,12-13,16H2,1-2H3,(H,29,34)(H,30,33). The summed E-state index contributed by atoms with van der Waals surface area (Å²) in [5.74, 6) is 1.02. The molecule has 1 aliphatic carbocycles. The van der Waals surface area contributed by atoms with Crippen LogP contribution >= 0.6 is 0 Å². The maximum absolute atomic E-state index is 13.4. The molecule has 1 saturated carbocycles. The minimum absolute atomic E-state index is 0.0120. The number of aromatic nitrogens is 3. The van der Waals surface area contributed by atoms with Crippen LogP contribution in [-0.2, 0) is 23.1 Å². The van der Waals surface area contributed by atoms with E-state index in [1.165, 1.54) is 12.8 Å². The number of rotatable bonds is 7. The van der Waals surface area contributed by atoms with Gasteiger partial charge >= 0.3 is 0 Å². The lowest BCUT2D eigenvalue weighted by Gasteiger charge is -2.13. The maximum atomic E-state index is 13.4. The number of anilines is 1. The Morgan fingerprint density at radius 2 is 2.00 bits per heavy atom. The Kier molecular flexibility index (Phi) is 6.81. The average Bonchev–Trinajstić information content (AvgIpc) is 3.60. The summed E-state index contributed by atoms with van der Waals surface area (Å²) in [6.45, 7) is 3.01. The quantitative estimate of drug-likeness (QED) is 0.521. The van der Waals surface area contributed by atoms with Crippen LogP contribution in [0.3, 0.4) is 0 Å². The third kappa shape index (κ3) is 5.07. The molecule has 1 saturated heterocycles. The second-order valence-corrected chi connectivity index (χ2v) is 9.77. The van der Waals surface area contributed by atoms with Crippen LogP contribution < -0.4 is 10.6 Å². The Morgan fingerprint density at radius 1 is 1.17 bits per heavy atom. The summed E-state index contributed by atoms with van der Waals surface area (Å²) in [6, 6.07) is 7.48. The lowest BCUT2D eigenvalue weighted by Crippen LogP contribution is -2.25. The Bertz CT molecular complexity index is 1240. The molecule has 1 atom stereocenters. The highest BCUT2D eigenvalue weighted by Gasteiger charge is 2.26. The van der Waals surface area contributed by atoms with Crippen LogP contribution in [0.1, 0.15) is 78.5 Å². The molecule has 3 heterocycles. The predicted octanol–water partition coefficient (Wildman–Crippen LogP) is 4.58. The van der Waals surface area contributed by atoms with E-state index in [1.807, 2.05) is 36.7 Å². The molecule has 2 aliphatic rings. The third-order valence-electron chi connectivity index (χ3n) is 7.23. The van der Waals surface area contributed by atoms with Gasteiger partial charge in [0.05, 0.1) is 28.8 Å². The summed E-state index contributed by atoms with van der Waals surface area (Å²) in [6.07, 6.45) is 8.67.